The van der Waals surface area contributed by atoms with Crippen LogP contribution in [-0.2, 0) is 0 Å². The Morgan fingerprint density at radius 1 is 0.971 bits per heavy atom. The highest BCUT2D eigenvalue weighted by Crippen LogP contribution is 2.34. The standard InChI is InChI=1S/C28H31N5O2/c1-28(2,3)32-17-14-19(15-18-32)23-13-16-30-27-24(26(29)34)25(31-33(23)27)20-9-11-22(12-10-20)35-21-7-5-4-6-8-21/h4-13,16,19H,14-15,17-18H2,1-3H3,(H2,29,34). The van der Waals surface area contributed by atoms with Gasteiger partial charge in [0.2, 0.25) is 0 Å². The first kappa shape index (κ1) is 23.1. The second-order valence-electron chi connectivity index (χ2n) is 10.1. The van der Waals surface area contributed by atoms with Gasteiger partial charge in [-0.2, -0.15) is 5.10 Å². The highest BCUT2D eigenvalue weighted by molar-refractivity contribution is 6.04. The van der Waals surface area contributed by atoms with E-state index < -0.39 is 5.91 Å². The van der Waals surface area contributed by atoms with Crippen molar-refractivity contribution in [3.8, 4) is 22.8 Å². The van der Waals surface area contributed by atoms with Gasteiger partial charge in [-0.05, 0) is 89.2 Å². The van der Waals surface area contributed by atoms with E-state index in [2.05, 4.69) is 30.7 Å². The minimum Gasteiger partial charge on any atom is -0.457 e. The van der Waals surface area contributed by atoms with Crippen molar-refractivity contribution in [2.75, 3.05) is 13.1 Å². The fraction of sp³-hybridized carbons (Fsp3) is 0.321. The van der Waals surface area contributed by atoms with Crippen molar-refractivity contribution >= 4 is 11.6 Å². The molecule has 0 unspecified atom stereocenters. The van der Waals surface area contributed by atoms with Crippen LogP contribution < -0.4 is 10.5 Å². The number of fused-ring (bicyclic) bond motifs is 1. The normalized spacial score (nSPS) is 15.4. The quantitative estimate of drug-likeness (QED) is 0.431. The third-order valence-electron chi connectivity index (χ3n) is 6.76. The molecule has 0 bridgehead atoms. The number of nitrogens with two attached hydrogens (primary N) is 1. The molecule has 0 spiro atoms. The molecule has 4 aromatic rings. The summed E-state index contributed by atoms with van der Waals surface area (Å²) in [6.07, 6.45) is 3.82. The van der Waals surface area contributed by atoms with Crippen LogP contribution in [0.25, 0.3) is 16.9 Å². The Morgan fingerprint density at radius 2 is 1.63 bits per heavy atom. The number of amides is 1. The van der Waals surface area contributed by atoms with Gasteiger partial charge in [0.15, 0.2) is 5.65 Å². The van der Waals surface area contributed by atoms with Crippen molar-refractivity contribution in [1.82, 2.24) is 19.5 Å². The van der Waals surface area contributed by atoms with Gasteiger partial charge in [-0.15, -0.1) is 0 Å². The summed E-state index contributed by atoms with van der Waals surface area (Å²) in [6.45, 7) is 8.82. The van der Waals surface area contributed by atoms with Crippen molar-refractivity contribution in [3.05, 3.63) is 78.1 Å². The highest BCUT2D eigenvalue weighted by Gasteiger charge is 2.30. The number of hydrogen-bond donors (Lipinski definition) is 1. The molecule has 1 aliphatic rings. The zero-order valence-electron chi connectivity index (χ0n) is 20.4. The van der Waals surface area contributed by atoms with Gasteiger partial charge in [0, 0.05) is 28.9 Å². The van der Waals surface area contributed by atoms with Crippen LogP contribution in [0.5, 0.6) is 11.5 Å². The first-order chi connectivity index (χ1) is 16.8. The smallest absolute Gasteiger partial charge is 0.254 e. The zero-order valence-corrected chi connectivity index (χ0v) is 20.4. The lowest BCUT2D eigenvalue weighted by Crippen LogP contribution is -2.45. The zero-order chi connectivity index (χ0) is 24.6. The van der Waals surface area contributed by atoms with Crippen LogP contribution >= 0.6 is 0 Å². The number of para-hydroxylation sites is 1. The molecule has 1 fully saturated rings. The van der Waals surface area contributed by atoms with Gasteiger partial charge in [-0.25, -0.2) is 9.50 Å². The fourth-order valence-electron chi connectivity index (χ4n) is 4.85. The number of piperidine rings is 1. The van der Waals surface area contributed by atoms with E-state index >= 15 is 0 Å². The number of benzene rings is 2. The molecule has 0 saturated carbocycles. The maximum absolute atomic E-state index is 12.5. The molecule has 1 aliphatic heterocycles. The summed E-state index contributed by atoms with van der Waals surface area (Å²) in [7, 11) is 0. The van der Waals surface area contributed by atoms with E-state index in [0.717, 1.165) is 42.9 Å². The van der Waals surface area contributed by atoms with Crippen LogP contribution in [0, 0.1) is 0 Å². The van der Waals surface area contributed by atoms with Crippen molar-refractivity contribution in [2.24, 2.45) is 5.73 Å². The second-order valence-corrected chi connectivity index (χ2v) is 10.1. The number of aromatic nitrogens is 3. The van der Waals surface area contributed by atoms with Crippen LogP contribution in [-0.4, -0.2) is 44.0 Å². The summed E-state index contributed by atoms with van der Waals surface area (Å²) in [6, 6.07) is 19.2. The fourth-order valence-corrected chi connectivity index (χ4v) is 4.85. The average Bonchev–Trinajstić information content (AvgIpc) is 3.25. The van der Waals surface area contributed by atoms with Gasteiger partial charge in [-0.1, -0.05) is 18.2 Å². The molecule has 3 heterocycles. The molecule has 1 saturated heterocycles. The lowest BCUT2D eigenvalue weighted by atomic mass is 9.90. The summed E-state index contributed by atoms with van der Waals surface area (Å²) in [5.41, 5.74) is 9.23. The van der Waals surface area contributed by atoms with E-state index in [1.54, 1.807) is 6.20 Å². The van der Waals surface area contributed by atoms with Gasteiger partial charge in [-0.3, -0.25) is 9.69 Å². The summed E-state index contributed by atoms with van der Waals surface area (Å²) in [5.74, 6) is 1.27. The largest absolute Gasteiger partial charge is 0.457 e. The molecule has 35 heavy (non-hydrogen) atoms. The lowest BCUT2D eigenvalue weighted by Gasteiger charge is -2.40. The van der Waals surface area contributed by atoms with E-state index in [4.69, 9.17) is 15.6 Å². The molecule has 2 N–H and O–H groups in total. The molecular formula is C28H31N5O2. The summed E-state index contributed by atoms with van der Waals surface area (Å²) in [4.78, 5) is 19.5. The molecule has 0 aliphatic carbocycles. The summed E-state index contributed by atoms with van der Waals surface area (Å²) < 4.78 is 7.72. The number of carbonyl (C=O) groups excluding carboxylic acids is 1. The van der Waals surface area contributed by atoms with Gasteiger partial charge in [0.25, 0.3) is 5.91 Å². The molecule has 2 aromatic carbocycles. The van der Waals surface area contributed by atoms with Crippen LogP contribution in [0.3, 0.4) is 0 Å². The van der Waals surface area contributed by atoms with E-state index in [-0.39, 0.29) is 5.54 Å². The van der Waals surface area contributed by atoms with Crippen LogP contribution in [0.4, 0.5) is 0 Å². The molecule has 1 amide bonds. The number of ether oxygens (including phenoxy) is 1. The molecule has 0 radical (unpaired) electrons. The third kappa shape index (κ3) is 4.64. The Morgan fingerprint density at radius 3 is 2.26 bits per heavy atom. The van der Waals surface area contributed by atoms with Crippen molar-refractivity contribution < 1.29 is 9.53 Å². The molecular weight excluding hydrogens is 438 g/mol. The maximum atomic E-state index is 12.5. The first-order valence-electron chi connectivity index (χ1n) is 12.1. The van der Waals surface area contributed by atoms with Crippen LogP contribution in [0.2, 0.25) is 0 Å². The molecule has 0 atom stereocenters. The van der Waals surface area contributed by atoms with Gasteiger partial charge in [0.1, 0.15) is 22.8 Å². The molecule has 7 nitrogen and oxygen atoms in total. The van der Waals surface area contributed by atoms with Gasteiger partial charge in [0.05, 0.1) is 0 Å². The van der Waals surface area contributed by atoms with E-state index in [1.807, 2.05) is 65.2 Å². The van der Waals surface area contributed by atoms with Gasteiger partial charge < -0.3 is 10.5 Å². The number of nitrogens with zero attached hydrogens (tertiary/aromatic N) is 4. The van der Waals surface area contributed by atoms with E-state index in [0.29, 0.717) is 28.6 Å². The Labute approximate surface area is 205 Å². The average molecular weight is 470 g/mol. The summed E-state index contributed by atoms with van der Waals surface area (Å²) >= 11 is 0. The Hall–Kier alpha value is -3.71. The predicted octanol–water partition coefficient (Wildman–Crippen LogP) is 5.27. The third-order valence-corrected chi connectivity index (χ3v) is 6.76. The van der Waals surface area contributed by atoms with E-state index in [9.17, 15) is 4.79 Å². The van der Waals surface area contributed by atoms with Crippen LogP contribution in [0.15, 0.2) is 66.9 Å². The molecule has 180 valence electrons. The SMILES string of the molecule is CC(C)(C)N1CCC(c2ccnc3c(C(N)=O)c(-c4ccc(Oc5ccccc5)cc4)nn23)CC1. The number of carbonyl (C=O) groups is 1. The predicted molar refractivity (Wildman–Crippen MR) is 137 cm³/mol. The van der Waals surface area contributed by atoms with Crippen molar-refractivity contribution in [2.45, 2.75) is 45.1 Å². The van der Waals surface area contributed by atoms with Gasteiger partial charge >= 0.3 is 0 Å². The monoisotopic (exact) mass is 469 g/mol. The first-order valence-corrected chi connectivity index (χ1v) is 12.1. The number of hydrogen-bond acceptors (Lipinski definition) is 5. The minimum atomic E-state index is -0.535. The Bertz CT molecular complexity index is 1330. The minimum absolute atomic E-state index is 0.160. The second kappa shape index (κ2) is 9.15. The van der Waals surface area contributed by atoms with Crippen LogP contribution in [0.1, 0.15) is 55.6 Å². The van der Waals surface area contributed by atoms with Crippen molar-refractivity contribution in [1.29, 1.82) is 0 Å². The Kier molecular flexibility index (Phi) is 6.03. The lowest BCUT2D eigenvalue weighted by molar-refractivity contribution is 0.1000. The topological polar surface area (TPSA) is 85.8 Å². The maximum Gasteiger partial charge on any atom is 0.254 e. The number of likely N-dealkylation sites (tertiary alicyclic amines) is 1. The summed E-state index contributed by atoms with van der Waals surface area (Å²) in [5, 5.41) is 4.86. The van der Waals surface area contributed by atoms with E-state index in [1.165, 1.54) is 0 Å². The number of primary amides is 1. The molecule has 5 rings (SSSR count). The molecule has 2 aromatic heterocycles. The van der Waals surface area contributed by atoms with Crippen molar-refractivity contribution in [3.63, 3.8) is 0 Å². The number of rotatable bonds is 5. The Balaban J connectivity index is 1.48. The highest BCUT2D eigenvalue weighted by atomic mass is 16.5. The molecule has 7 heteroatoms.